The Morgan fingerprint density at radius 2 is 1.80 bits per heavy atom. The van der Waals surface area contributed by atoms with Crippen LogP contribution in [0.4, 0.5) is 5.69 Å². The standard InChI is InChI=1S/C19H24N2O4/c1-21(11-12-25-15-7-5-4-6-8-15)14-19(22)20-17-10-9-16(23-2)13-18(17)24-3/h4-10,13H,11-12,14H2,1-3H3,(H,20,22)/p+1. The molecule has 1 atom stereocenters. The lowest BCUT2D eigenvalue weighted by Crippen LogP contribution is -3.10. The molecule has 0 saturated carbocycles. The quantitative estimate of drug-likeness (QED) is 0.718. The number of quaternary nitrogens is 1. The number of hydrogen-bond donors (Lipinski definition) is 2. The molecule has 0 aromatic heterocycles. The molecule has 0 saturated heterocycles. The number of carbonyl (C=O) groups is 1. The molecule has 6 heteroatoms. The first kappa shape index (κ1) is 18.6. The summed E-state index contributed by atoms with van der Waals surface area (Å²) in [7, 11) is 5.10. The maximum Gasteiger partial charge on any atom is 0.279 e. The van der Waals surface area contributed by atoms with E-state index in [0.29, 0.717) is 30.3 Å². The molecule has 2 aromatic carbocycles. The fourth-order valence-corrected chi connectivity index (χ4v) is 2.32. The van der Waals surface area contributed by atoms with Gasteiger partial charge in [-0.2, -0.15) is 0 Å². The molecule has 6 nitrogen and oxygen atoms in total. The number of nitrogens with one attached hydrogen (secondary N) is 2. The minimum atomic E-state index is -0.0827. The van der Waals surface area contributed by atoms with Crippen LogP contribution in [0.25, 0.3) is 0 Å². The zero-order valence-electron chi connectivity index (χ0n) is 14.9. The number of carbonyl (C=O) groups excluding carboxylic acids is 1. The number of amides is 1. The number of methoxy groups -OCH3 is 2. The Balaban J connectivity index is 1.79. The second-order valence-corrected chi connectivity index (χ2v) is 5.66. The largest absolute Gasteiger partial charge is 0.497 e. The van der Waals surface area contributed by atoms with E-state index in [1.54, 1.807) is 32.4 Å². The van der Waals surface area contributed by atoms with Crippen LogP contribution in [-0.4, -0.2) is 46.9 Å². The lowest BCUT2D eigenvalue weighted by atomic mass is 10.2. The Labute approximate surface area is 148 Å². The highest BCUT2D eigenvalue weighted by atomic mass is 16.5. The Hall–Kier alpha value is -2.73. The van der Waals surface area contributed by atoms with E-state index in [-0.39, 0.29) is 5.91 Å². The van der Waals surface area contributed by atoms with E-state index >= 15 is 0 Å². The maximum absolute atomic E-state index is 12.2. The molecule has 0 spiro atoms. The summed E-state index contributed by atoms with van der Waals surface area (Å²) >= 11 is 0. The lowest BCUT2D eigenvalue weighted by molar-refractivity contribution is -0.871. The number of benzene rings is 2. The van der Waals surface area contributed by atoms with Crippen molar-refractivity contribution < 1.29 is 23.9 Å². The van der Waals surface area contributed by atoms with Crippen LogP contribution < -0.4 is 24.4 Å². The van der Waals surface area contributed by atoms with Crippen LogP contribution in [-0.2, 0) is 4.79 Å². The zero-order chi connectivity index (χ0) is 18.1. The summed E-state index contributed by atoms with van der Waals surface area (Å²) in [5, 5.41) is 2.87. The van der Waals surface area contributed by atoms with Gasteiger partial charge >= 0.3 is 0 Å². The SMILES string of the molecule is COc1ccc(NC(=O)C[NH+](C)CCOc2ccccc2)c(OC)c1. The molecule has 134 valence electrons. The van der Waals surface area contributed by atoms with E-state index in [2.05, 4.69) is 5.32 Å². The van der Waals surface area contributed by atoms with Gasteiger partial charge < -0.3 is 24.4 Å². The highest BCUT2D eigenvalue weighted by molar-refractivity contribution is 5.93. The van der Waals surface area contributed by atoms with Crippen molar-refractivity contribution in [1.82, 2.24) is 0 Å². The second-order valence-electron chi connectivity index (χ2n) is 5.66. The Morgan fingerprint density at radius 1 is 1.04 bits per heavy atom. The first-order valence-electron chi connectivity index (χ1n) is 8.13. The molecule has 2 rings (SSSR count). The van der Waals surface area contributed by atoms with Gasteiger partial charge in [0.15, 0.2) is 6.54 Å². The molecule has 0 aliphatic heterocycles. The third-order valence-electron chi connectivity index (χ3n) is 3.69. The monoisotopic (exact) mass is 345 g/mol. The van der Waals surface area contributed by atoms with E-state index in [1.165, 1.54) is 0 Å². The molecule has 0 fully saturated rings. The van der Waals surface area contributed by atoms with Gasteiger partial charge in [0.2, 0.25) is 0 Å². The third kappa shape index (κ3) is 6.00. The topological polar surface area (TPSA) is 61.2 Å². The lowest BCUT2D eigenvalue weighted by Gasteiger charge is -2.15. The number of rotatable bonds is 9. The van der Waals surface area contributed by atoms with Crippen molar-refractivity contribution in [2.75, 3.05) is 46.3 Å². The molecule has 0 aliphatic rings. The van der Waals surface area contributed by atoms with Crippen LogP contribution in [0.15, 0.2) is 48.5 Å². The van der Waals surface area contributed by atoms with Crippen LogP contribution in [0.1, 0.15) is 0 Å². The smallest absolute Gasteiger partial charge is 0.279 e. The van der Waals surface area contributed by atoms with Gasteiger partial charge in [0.1, 0.15) is 30.4 Å². The summed E-state index contributed by atoms with van der Waals surface area (Å²) in [6, 6.07) is 14.9. The van der Waals surface area contributed by atoms with Crippen LogP contribution in [0.5, 0.6) is 17.2 Å². The summed E-state index contributed by atoms with van der Waals surface area (Å²) in [5.74, 6) is 2.00. The van der Waals surface area contributed by atoms with Crippen molar-refractivity contribution in [2.24, 2.45) is 0 Å². The number of hydrogen-bond acceptors (Lipinski definition) is 4. The minimum absolute atomic E-state index is 0.0827. The molecule has 2 aromatic rings. The van der Waals surface area contributed by atoms with Crippen LogP contribution in [0, 0.1) is 0 Å². The van der Waals surface area contributed by atoms with E-state index in [1.807, 2.05) is 37.4 Å². The van der Waals surface area contributed by atoms with Crippen LogP contribution in [0.3, 0.4) is 0 Å². The first-order chi connectivity index (χ1) is 12.1. The molecule has 0 heterocycles. The zero-order valence-corrected chi connectivity index (χ0v) is 14.9. The predicted molar refractivity (Wildman–Crippen MR) is 96.7 cm³/mol. The van der Waals surface area contributed by atoms with E-state index in [4.69, 9.17) is 14.2 Å². The molecule has 25 heavy (non-hydrogen) atoms. The van der Waals surface area contributed by atoms with Crippen molar-refractivity contribution in [3.05, 3.63) is 48.5 Å². The molecule has 1 amide bonds. The summed E-state index contributed by atoms with van der Waals surface area (Å²) in [6.07, 6.45) is 0. The van der Waals surface area contributed by atoms with Crippen molar-refractivity contribution in [2.45, 2.75) is 0 Å². The summed E-state index contributed by atoms with van der Waals surface area (Å²) < 4.78 is 16.1. The number of likely N-dealkylation sites (N-methyl/N-ethyl adjacent to an activating group) is 1. The van der Waals surface area contributed by atoms with Gasteiger partial charge in [0.05, 0.1) is 27.0 Å². The normalized spacial score (nSPS) is 11.5. The molecule has 0 aliphatic carbocycles. The predicted octanol–water partition coefficient (Wildman–Crippen LogP) is 1.24. The fraction of sp³-hybridized carbons (Fsp3) is 0.316. The number of anilines is 1. The molecule has 0 radical (unpaired) electrons. The summed E-state index contributed by atoms with van der Waals surface area (Å²) in [4.78, 5) is 13.3. The molecule has 0 bridgehead atoms. The number of para-hydroxylation sites is 1. The summed E-state index contributed by atoms with van der Waals surface area (Å²) in [5.41, 5.74) is 0.627. The van der Waals surface area contributed by atoms with Gasteiger partial charge in [-0.25, -0.2) is 0 Å². The van der Waals surface area contributed by atoms with E-state index in [9.17, 15) is 4.79 Å². The van der Waals surface area contributed by atoms with Gasteiger partial charge in [-0.1, -0.05) is 18.2 Å². The Morgan fingerprint density at radius 3 is 2.48 bits per heavy atom. The van der Waals surface area contributed by atoms with Gasteiger partial charge in [-0.05, 0) is 24.3 Å². The van der Waals surface area contributed by atoms with Gasteiger partial charge in [-0.15, -0.1) is 0 Å². The highest BCUT2D eigenvalue weighted by Crippen LogP contribution is 2.28. The third-order valence-corrected chi connectivity index (χ3v) is 3.69. The van der Waals surface area contributed by atoms with Gasteiger partial charge in [0.25, 0.3) is 5.91 Å². The van der Waals surface area contributed by atoms with E-state index < -0.39 is 0 Å². The highest BCUT2D eigenvalue weighted by Gasteiger charge is 2.13. The van der Waals surface area contributed by atoms with Crippen molar-refractivity contribution in [3.8, 4) is 17.2 Å². The molecular formula is C19H25N2O4+. The van der Waals surface area contributed by atoms with Gasteiger partial charge in [0, 0.05) is 6.07 Å². The Kier molecular flexibility index (Phi) is 7.10. The average molecular weight is 345 g/mol. The molecule has 2 N–H and O–H groups in total. The average Bonchev–Trinajstić information content (AvgIpc) is 2.62. The van der Waals surface area contributed by atoms with Gasteiger partial charge in [-0.3, -0.25) is 4.79 Å². The van der Waals surface area contributed by atoms with E-state index in [0.717, 1.165) is 17.2 Å². The summed E-state index contributed by atoms with van der Waals surface area (Å²) in [6.45, 7) is 1.62. The number of ether oxygens (including phenoxy) is 3. The second kappa shape index (κ2) is 9.54. The maximum atomic E-state index is 12.2. The van der Waals surface area contributed by atoms with Crippen molar-refractivity contribution >= 4 is 11.6 Å². The van der Waals surface area contributed by atoms with Crippen molar-refractivity contribution in [3.63, 3.8) is 0 Å². The fourth-order valence-electron chi connectivity index (χ4n) is 2.32. The first-order valence-corrected chi connectivity index (χ1v) is 8.13. The van der Waals surface area contributed by atoms with Crippen molar-refractivity contribution in [1.29, 1.82) is 0 Å². The molecule has 1 unspecified atom stereocenters. The molecular weight excluding hydrogens is 320 g/mol. The van der Waals surface area contributed by atoms with Crippen LogP contribution in [0.2, 0.25) is 0 Å². The van der Waals surface area contributed by atoms with Crippen LogP contribution >= 0.6 is 0 Å². The minimum Gasteiger partial charge on any atom is -0.497 e. The Bertz CT molecular complexity index is 676.